The van der Waals surface area contributed by atoms with E-state index in [4.69, 9.17) is 9.47 Å². The number of aliphatic hydroxyl groups excluding tert-OH is 1. The van der Waals surface area contributed by atoms with Gasteiger partial charge in [-0.1, -0.05) is 78.2 Å². The van der Waals surface area contributed by atoms with Crippen molar-refractivity contribution in [3.8, 4) is 0 Å². The first-order valence-corrected chi connectivity index (χ1v) is 17.9. The van der Waals surface area contributed by atoms with Crippen LogP contribution in [0.4, 0.5) is 0 Å². The zero-order valence-corrected chi connectivity index (χ0v) is 29.1. The molecule has 0 saturated carbocycles. The molecule has 0 aliphatic carbocycles. The summed E-state index contributed by atoms with van der Waals surface area (Å²) in [7, 11) is 0. The van der Waals surface area contributed by atoms with Gasteiger partial charge in [0, 0.05) is 37.5 Å². The Morgan fingerprint density at radius 2 is 1.94 bits per heavy atom. The van der Waals surface area contributed by atoms with Crippen LogP contribution in [0.25, 0.3) is 0 Å². The number of nitrogens with one attached hydrogen (secondary N) is 1. The highest BCUT2D eigenvalue weighted by atomic mass is 79.9. The lowest BCUT2D eigenvalue weighted by Crippen LogP contribution is -2.57. The molecule has 0 aromatic heterocycles. The Bertz CT molecular complexity index is 1260. The molecule has 1 spiro atoms. The number of likely N-dealkylation sites (tertiary alicyclic amines) is 1. The van der Waals surface area contributed by atoms with Crippen molar-refractivity contribution in [1.82, 2.24) is 15.1 Å². The van der Waals surface area contributed by atoms with Gasteiger partial charge in [-0.25, -0.2) is 0 Å². The van der Waals surface area contributed by atoms with Gasteiger partial charge in [0.25, 0.3) is 0 Å². The van der Waals surface area contributed by atoms with Gasteiger partial charge in [-0.2, -0.15) is 0 Å². The van der Waals surface area contributed by atoms with E-state index in [9.17, 15) is 24.3 Å². The van der Waals surface area contributed by atoms with Crippen molar-refractivity contribution in [1.29, 1.82) is 0 Å². The molecule has 1 aromatic carbocycles. The van der Waals surface area contributed by atoms with E-state index in [-0.39, 0.29) is 42.2 Å². The van der Waals surface area contributed by atoms with Crippen LogP contribution >= 0.6 is 15.9 Å². The number of carbonyl (C=O) groups excluding carboxylic acids is 4. The van der Waals surface area contributed by atoms with Crippen LogP contribution in [0.2, 0.25) is 0 Å². The number of carbonyl (C=O) groups is 4. The Kier molecular flexibility index (Phi) is 13.6. The molecule has 3 fully saturated rings. The number of ether oxygens (including phenoxy) is 2. The minimum Gasteiger partial charge on any atom is -0.463 e. The molecule has 0 radical (unpaired) electrons. The predicted molar refractivity (Wildman–Crippen MR) is 182 cm³/mol. The van der Waals surface area contributed by atoms with Crippen LogP contribution in [0.5, 0.6) is 0 Å². The molecule has 3 amide bonds. The van der Waals surface area contributed by atoms with E-state index in [0.717, 1.165) is 24.8 Å². The predicted octanol–water partition coefficient (Wildman–Crippen LogP) is 4.47. The van der Waals surface area contributed by atoms with E-state index >= 15 is 0 Å². The van der Waals surface area contributed by atoms with Gasteiger partial charge in [-0.15, -0.1) is 13.2 Å². The molecular weight excluding hydrogens is 666 g/mol. The lowest BCUT2D eigenvalue weighted by Gasteiger charge is -2.37. The van der Waals surface area contributed by atoms with Gasteiger partial charge in [0.2, 0.25) is 17.7 Å². The molecule has 2 bridgehead atoms. The molecule has 10 nitrogen and oxygen atoms in total. The van der Waals surface area contributed by atoms with Gasteiger partial charge in [-0.05, 0) is 44.1 Å². The van der Waals surface area contributed by atoms with Crippen LogP contribution in [0, 0.1) is 11.8 Å². The fourth-order valence-electron chi connectivity index (χ4n) is 7.34. The average molecular weight is 717 g/mol. The highest BCUT2D eigenvalue weighted by Gasteiger charge is 2.76. The van der Waals surface area contributed by atoms with Crippen molar-refractivity contribution >= 4 is 39.6 Å². The molecule has 7 atom stereocenters. The van der Waals surface area contributed by atoms with Gasteiger partial charge < -0.3 is 29.7 Å². The molecule has 1 unspecified atom stereocenters. The summed E-state index contributed by atoms with van der Waals surface area (Å²) in [4.78, 5) is 58.7. The number of fused-ring (bicyclic) bond motifs is 1. The smallest absolute Gasteiger partial charge is 0.306 e. The van der Waals surface area contributed by atoms with Crippen LogP contribution in [-0.4, -0.2) is 94.0 Å². The molecule has 3 aliphatic rings. The summed E-state index contributed by atoms with van der Waals surface area (Å²) < 4.78 is 12.2. The highest BCUT2D eigenvalue weighted by Crippen LogP contribution is 2.60. The third-order valence-electron chi connectivity index (χ3n) is 9.56. The standard InChI is InChI=1S/C36H50BrN3O7/c1-4-7-13-20-39(19-6-3)35(45)32-36-23-26(37)31(47-36)29(30(36)34(44)40(32)21-14-10-15-22-41)33(43)38-27(25-16-11-9-12-17-25)24-46-28(42)18-8-5-2/h5-6,9,11-12,16-17,26-27,29-32,41H,2-4,7-8,10,13-15,18-24H2,1H3,(H,38,43)/t26?,27-,29-,30+,31-,32-,36+/m0/s1. The monoisotopic (exact) mass is 715 g/mol. The first-order chi connectivity index (χ1) is 22.7. The molecule has 258 valence electrons. The number of benzene rings is 1. The summed E-state index contributed by atoms with van der Waals surface area (Å²) in [6, 6.07) is 7.73. The van der Waals surface area contributed by atoms with Crippen molar-refractivity contribution in [3.05, 3.63) is 61.2 Å². The molecule has 3 saturated heterocycles. The zero-order valence-electron chi connectivity index (χ0n) is 27.5. The van der Waals surface area contributed by atoms with Crippen molar-refractivity contribution in [2.24, 2.45) is 11.8 Å². The summed E-state index contributed by atoms with van der Waals surface area (Å²) in [6.07, 6.45) is 8.54. The second-order valence-corrected chi connectivity index (χ2v) is 13.9. The molecular formula is C36H50BrN3O7. The Labute approximate surface area is 287 Å². The lowest BCUT2D eigenvalue weighted by atomic mass is 9.70. The Morgan fingerprint density at radius 1 is 1.17 bits per heavy atom. The summed E-state index contributed by atoms with van der Waals surface area (Å²) in [5.41, 5.74) is -0.412. The minimum atomic E-state index is -1.17. The van der Waals surface area contributed by atoms with E-state index in [1.54, 1.807) is 22.0 Å². The number of halogens is 1. The van der Waals surface area contributed by atoms with E-state index in [0.29, 0.717) is 51.7 Å². The topological polar surface area (TPSA) is 125 Å². The third-order valence-corrected chi connectivity index (χ3v) is 10.4. The second-order valence-electron chi connectivity index (χ2n) is 12.7. The number of hydrogen-bond donors (Lipinski definition) is 2. The number of hydrogen-bond acceptors (Lipinski definition) is 7. The number of aliphatic hydroxyl groups is 1. The van der Waals surface area contributed by atoms with Crippen molar-refractivity contribution < 1.29 is 33.8 Å². The van der Waals surface area contributed by atoms with Gasteiger partial charge >= 0.3 is 5.97 Å². The van der Waals surface area contributed by atoms with E-state index < -0.39 is 41.6 Å². The summed E-state index contributed by atoms with van der Waals surface area (Å²) in [5.74, 6) is -2.91. The van der Waals surface area contributed by atoms with Gasteiger partial charge in [0.05, 0.1) is 24.0 Å². The Morgan fingerprint density at radius 3 is 2.62 bits per heavy atom. The average Bonchev–Trinajstić information content (AvgIpc) is 3.66. The number of nitrogens with zero attached hydrogens (tertiary/aromatic N) is 2. The first-order valence-electron chi connectivity index (χ1n) is 17.0. The van der Waals surface area contributed by atoms with Gasteiger partial charge in [0.1, 0.15) is 18.2 Å². The number of alkyl halides is 1. The normalized spacial score (nSPS) is 26.5. The van der Waals surface area contributed by atoms with E-state index in [1.807, 2.05) is 30.3 Å². The quantitative estimate of drug-likeness (QED) is 0.0884. The van der Waals surface area contributed by atoms with Gasteiger partial charge in [-0.3, -0.25) is 19.2 Å². The molecule has 3 heterocycles. The van der Waals surface area contributed by atoms with Crippen molar-refractivity contribution in [2.45, 2.75) is 93.3 Å². The fourth-order valence-corrected chi connectivity index (χ4v) is 8.28. The molecule has 1 aromatic rings. The highest BCUT2D eigenvalue weighted by molar-refractivity contribution is 9.09. The Balaban J connectivity index is 1.64. The van der Waals surface area contributed by atoms with Crippen LogP contribution in [0.3, 0.4) is 0 Å². The molecule has 3 aliphatic heterocycles. The number of allylic oxidation sites excluding steroid dienone is 1. The molecule has 11 heteroatoms. The largest absolute Gasteiger partial charge is 0.463 e. The maximum atomic E-state index is 14.5. The van der Waals surface area contributed by atoms with Crippen LogP contribution in [0.15, 0.2) is 55.6 Å². The third kappa shape index (κ3) is 8.17. The second kappa shape index (κ2) is 17.4. The number of amides is 3. The fraction of sp³-hybridized carbons (Fsp3) is 0.611. The van der Waals surface area contributed by atoms with Gasteiger partial charge in [0.15, 0.2) is 0 Å². The zero-order chi connectivity index (χ0) is 34.0. The Hall–Kier alpha value is -3.02. The van der Waals surface area contributed by atoms with E-state index in [1.165, 1.54) is 0 Å². The molecule has 4 rings (SSSR count). The van der Waals surface area contributed by atoms with Crippen LogP contribution in [0.1, 0.15) is 76.3 Å². The summed E-state index contributed by atoms with van der Waals surface area (Å²) in [5, 5.41) is 12.4. The number of unbranched alkanes of at least 4 members (excludes halogenated alkanes) is 4. The molecule has 2 N–H and O–H groups in total. The SMILES string of the molecule is C=CCCC(=O)OC[C@H](NC(=O)[C@@H]1[C@H]2O[C@@]3(CC2Br)[C@H](C(=O)N(CC=C)CCCCC)N(CCCCCO)C(=O)[C@@H]13)c1ccccc1. The minimum absolute atomic E-state index is 0.0534. The summed E-state index contributed by atoms with van der Waals surface area (Å²) >= 11 is 3.75. The first kappa shape index (κ1) is 36.8. The maximum absolute atomic E-state index is 14.5. The molecule has 47 heavy (non-hydrogen) atoms. The van der Waals surface area contributed by atoms with Crippen molar-refractivity contribution in [2.75, 3.05) is 32.8 Å². The number of esters is 1. The van der Waals surface area contributed by atoms with Crippen LogP contribution in [-0.2, 0) is 28.7 Å². The number of rotatable bonds is 20. The van der Waals surface area contributed by atoms with Crippen molar-refractivity contribution in [3.63, 3.8) is 0 Å². The maximum Gasteiger partial charge on any atom is 0.306 e. The van der Waals surface area contributed by atoms with Crippen LogP contribution < -0.4 is 5.32 Å². The summed E-state index contributed by atoms with van der Waals surface area (Å²) in [6.45, 7) is 10.8. The van der Waals surface area contributed by atoms with E-state index in [2.05, 4.69) is 41.3 Å². The lowest BCUT2D eigenvalue weighted by molar-refractivity contribution is -0.148.